The third-order valence-electron chi connectivity index (χ3n) is 1.66. The summed E-state index contributed by atoms with van der Waals surface area (Å²) in [5.41, 5.74) is 0. The lowest BCUT2D eigenvalue weighted by atomic mass is 9.91. The lowest BCUT2D eigenvalue weighted by molar-refractivity contribution is 0.571. The van der Waals surface area contributed by atoms with E-state index in [0.29, 0.717) is 0 Å². The van der Waals surface area contributed by atoms with Gasteiger partial charge in [0.2, 0.25) is 0 Å². The first-order chi connectivity index (χ1) is 3.93. The molecule has 1 aliphatic carbocycles. The highest BCUT2D eigenvalue weighted by atomic mass is 32.1. The molecule has 0 aromatic rings. The van der Waals surface area contributed by atoms with Gasteiger partial charge in [-0.1, -0.05) is 31.5 Å². The van der Waals surface area contributed by atoms with Crippen molar-refractivity contribution in [1.82, 2.24) is 0 Å². The third kappa shape index (κ3) is 1.55. The molecule has 1 radical (unpaired) electrons. The molecule has 0 N–H and O–H groups in total. The van der Waals surface area contributed by atoms with Crippen molar-refractivity contribution in [2.24, 2.45) is 0 Å². The van der Waals surface area contributed by atoms with Crippen LogP contribution in [0, 0.1) is 5.92 Å². The van der Waals surface area contributed by atoms with Gasteiger partial charge in [-0.05, 0) is 18.2 Å². The maximum absolute atomic E-state index is 4.81. The second-order valence-electron chi connectivity index (χ2n) is 2.34. The summed E-state index contributed by atoms with van der Waals surface area (Å²) in [4.78, 5) is 0. The van der Waals surface area contributed by atoms with E-state index in [-0.39, 0.29) is 0 Å². The van der Waals surface area contributed by atoms with Gasteiger partial charge in [-0.15, -0.1) is 0 Å². The van der Waals surface area contributed by atoms with E-state index in [0.717, 1.165) is 0 Å². The SMILES string of the molecule is S=C[C]1CCCCC1. The smallest absolute Gasteiger partial charge is 0.00854 e. The lowest BCUT2D eigenvalue weighted by Gasteiger charge is -2.15. The van der Waals surface area contributed by atoms with Crippen LogP contribution in [0.3, 0.4) is 0 Å². The van der Waals surface area contributed by atoms with E-state index in [1.165, 1.54) is 38.0 Å². The van der Waals surface area contributed by atoms with Crippen molar-refractivity contribution in [1.29, 1.82) is 0 Å². The Bertz CT molecular complexity index is 72.5. The molecule has 0 amide bonds. The number of thiocarbonyl (C=S) groups is 1. The van der Waals surface area contributed by atoms with Crippen LogP contribution < -0.4 is 0 Å². The van der Waals surface area contributed by atoms with Gasteiger partial charge in [0, 0.05) is 5.92 Å². The zero-order chi connectivity index (χ0) is 5.82. The van der Waals surface area contributed by atoms with Crippen molar-refractivity contribution in [3.8, 4) is 0 Å². The van der Waals surface area contributed by atoms with E-state index >= 15 is 0 Å². The highest BCUT2D eigenvalue weighted by molar-refractivity contribution is 7.79. The van der Waals surface area contributed by atoms with Gasteiger partial charge in [0.15, 0.2) is 0 Å². The molecule has 0 bridgehead atoms. The first kappa shape index (κ1) is 6.21. The first-order valence-corrected chi connectivity index (χ1v) is 3.70. The van der Waals surface area contributed by atoms with Crippen LogP contribution in [-0.4, -0.2) is 5.37 Å². The van der Waals surface area contributed by atoms with Crippen LogP contribution in [0.2, 0.25) is 0 Å². The average Bonchev–Trinajstić information content (AvgIpc) is 1.90. The molecule has 1 rings (SSSR count). The predicted molar refractivity (Wildman–Crippen MR) is 40.0 cm³/mol. The quantitative estimate of drug-likeness (QED) is 0.488. The second-order valence-corrected chi connectivity index (χ2v) is 2.57. The minimum Gasteiger partial charge on any atom is -0.0928 e. The van der Waals surface area contributed by atoms with Crippen molar-refractivity contribution in [2.45, 2.75) is 32.1 Å². The molecule has 0 atom stereocenters. The summed E-state index contributed by atoms with van der Waals surface area (Å²) in [5, 5.41) is 1.86. The molecule has 0 heterocycles. The highest BCUT2D eigenvalue weighted by Gasteiger charge is 2.09. The Morgan fingerprint density at radius 1 is 1.12 bits per heavy atom. The molecule has 1 heteroatoms. The van der Waals surface area contributed by atoms with Crippen molar-refractivity contribution >= 4 is 17.6 Å². The minimum absolute atomic E-state index is 1.27. The fourth-order valence-electron chi connectivity index (χ4n) is 1.12. The van der Waals surface area contributed by atoms with E-state index in [9.17, 15) is 0 Å². The van der Waals surface area contributed by atoms with Gasteiger partial charge in [0.25, 0.3) is 0 Å². The van der Waals surface area contributed by atoms with Crippen molar-refractivity contribution < 1.29 is 0 Å². The molecule has 0 saturated heterocycles. The van der Waals surface area contributed by atoms with Gasteiger partial charge in [0.1, 0.15) is 0 Å². The van der Waals surface area contributed by atoms with E-state index < -0.39 is 0 Å². The average molecular weight is 127 g/mol. The van der Waals surface area contributed by atoms with Gasteiger partial charge in [-0.3, -0.25) is 0 Å². The van der Waals surface area contributed by atoms with E-state index in [4.69, 9.17) is 12.2 Å². The molecule has 0 unspecified atom stereocenters. The molecule has 1 fully saturated rings. The Hall–Kier alpha value is 0.0900. The van der Waals surface area contributed by atoms with Crippen LogP contribution in [0.5, 0.6) is 0 Å². The number of hydrogen-bond acceptors (Lipinski definition) is 1. The van der Waals surface area contributed by atoms with Gasteiger partial charge in [-0.25, -0.2) is 0 Å². The standard InChI is InChI=1S/C7H11S/c8-6-7-4-2-1-3-5-7/h6H,1-5H2. The Balaban J connectivity index is 2.22. The molecule has 1 saturated carbocycles. The van der Waals surface area contributed by atoms with Crippen molar-refractivity contribution in [3.63, 3.8) is 0 Å². The Kier molecular flexibility index (Phi) is 2.47. The second kappa shape index (κ2) is 3.18. The number of hydrogen-bond donors (Lipinski definition) is 0. The van der Waals surface area contributed by atoms with Crippen LogP contribution >= 0.6 is 12.2 Å². The molecular weight excluding hydrogens is 116 g/mol. The maximum Gasteiger partial charge on any atom is 0.00854 e. The normalized spacial score (nSPS) is 23.0. The van der Waals surface area contributed by atoms with Gasteiger partial charge in [-0.2, -0.15) is 0 Å². The fraction of sp³-hybridized carbons (Fsp3) is 0.714. The molecule has 0 aromatic carbocycles. The molecule has 0 nitrogen and oxygen atoms in total. The van der Waals surface area contributed by atoms with Gasteiger partial charge in [0.05, 0.1) is 0 Å². The van der Waals surface area contributed by atoms with Crippen LogP contribution in [0.4, 0.5) is 0 Å². The first-order valence-electron chi connectivity index (χ1n) is 3.23. The topological polar surface area (TPSA) is 0 Å². The van der Waals surface area contributed by atoms with Crippen LogP contribution in [0.25, 0.3) is 0 Å². The molecule has 0 spiro atoms. The van der Waals surface area contributed by atoms with Crippen molar-refractivity contribution in [2.75, 3.05) is 0 Å². The monoisotopic (exact) mass is 127 g/mol. The van der Waals surface area contributed by atoms with E-state index in [1.54, 1.807) is 0 Å². The highest BCUT2D eigenvalue weighted by Crippen LogP contribution is 2.23. The summed E-state index contributed by atoms with van der Waals surface area (Å²) in [5.74, 6) is 1.49. The summed E-state index contributed by atoms with van der Waals surface area (Å²) in [6, 6.07) is 0. The summed E-state index contributed by atoms with van der Waals surface area (Å²) < 4.78 is 0. The summed E-state index contributed by atoms with van der Waals surface area (Å²) >= 11 is 4.81. The minimum atomic E-state index is 1.27. The Morgan fingerprint density at radius 3 is 2.12 bits per heavy atom. The summed E-state index contributed by atoms with van der Waals surface area (Å²) in [7, 11) is 0. The molecule has 0 aromatic heterocycles. The molecule has 0 aliphatic heterocycles. The zero-order valence-electron chi connectivity index (χ0n) is 5.02. The maximum atomic E-state index is 4.81. The predicted octanol–water partition coefficient (Wildman–Crippen LogP) is 2.52. The van der Waals surface area contributed by atoms with Crippen LogP contribution in [0.15, 0.2) is 0 Å². The van der Waals surface area contributed by atoms with Crippen LogP contribution in [0.1, 0.15) is 32.1 Å². The van der Waals surface area contributed by atoms with Crippen molar-refractivity contribution in [3.05, 3.63) is 5.92 Å². The summed E-state index contributed by atoms with van der Waals surface area (Å²) in [6.45, 7) is 0. The fourth-order valence-corrected chi connectivity index (χ4v) is 1.36. The Labute approximate surface area is 56.3 Å². The van der Waals surface area contributed by atoms with Gasteiger partial charge < -0.3 is 0 Å². The van der Waals surface area contributed by atoms with Crippen LogP contribution in [-0.2, 0) is 0 Å². The van der Waals surface area contributed by atoms with E-state index in [2.05, 4.69) is 0 Å². The largest absolute Gasteiger partial charge is 0.0928 e. The van der Waals surface area contributed by atoms with E-state index in [1.807, 2.05) is 5.37 Å². The Morgan fingerprint density at radius 2 is 1.75 bits per heavy atom. The molecule has 8 heavy (non-hydrogen) atoms. The lowest BCUT2D eigenvalue weighted by Crippen LogP contribution is -2.02. The molecule has 45 valence electrons. The molecule has 1 aliphatic rings. The summed E-state index contributed by atoms with van der Waals surface area (Å²) in [6.07, 6.45) is 6.67. The third-order valence-corrected chi connectivity index (χ3v) is 2.00. The van der Waals surface area contributed by atoms with Gasteiger partial charge >= 0.3 is 0 Å². The molecular formula is C7H11S. The number of rotatable bonds is 1. The zero-order valence-corrected chi connectivity index (χ0v) is 5.84.